The van der Waals surface area contributed by atoms with Crippen LogP contribution in [-0.4, -0.2) is 65.4 Å². The number of aromatic nitrogens is 2. The second-order valence-electron chi connectivity index (χ2n) is 4.21. The number of aryl methyl sites for hydroxylation is 1. The van der Waals surface area contributed by atoms with E-state index in [1.54, 1.807) is 6.92 Å². The molecule has 0 unspecified atom stereocenters. The molecule has 1 aliphatic heterocycles. The SMILES string of the molecule is Cc1cn([C@@H]2O[C@H](CO)[C@@H](O)[C@H]2O)c(=[Se])[nH]c1=O. The van der Waals surface area contributed by atoms with Gasteiger partial charge in [-0.05, 0) is 0 Å². The number of H-pyrrole nitrogens is 1. The second kappa shape index (κ2) is 5.08. The van der Waals surface area contributed by atoms with Gasteiger partial charge < -0.3 is 0 Å². The average Bonchev–Trinajstić information content (AvgIpc) is 2.61. The first-order valence-electron chi connectivity index (χ1n) is 5.40. The van der Waals surface area contributed by atoms with E-state index in [-0.39, 0.29) is 12.2 Å². The van der Waals surface area contributed by atoms with Crippen LogP contribution in [0.5, 0.6) is 0 Å². The van der Waals surface area contributed by atoms with Crippen molar-refractivity contribution in [2.75, 3.05) is 6.61 Å². The number of nitrogens with zero attached hydrogens (tertiary/aromatic N) is 1. The number of hydrogen-bond acceptors (Lipinski definition) is 5. The molecule has 4 atom stereocenters. The van der Waals surface area contributed by atoms with Crippen molar-refractivity contribution in [3.05, 3.63) is 26.4 Å². The number of aliphatic hydroxyl groups is 3. The van der Waals surface area contributed by atoms with E-state index in [9.17, 15) is 15.0 Å². The van der Waals surface area contributed by atoms with Crippen molar-refractivity contribution in [3.63, 3.8) is 0 Å². The summed E-state index contributed by atoms with van der Waals surface area (Å²) >= 11 is 2.66. The fourth-order valence-corrected chi connectivity index (χ4v) is 2.41. The van der Waals surface area contributed by atoms with Gasteiger partial charge in [0.15, 0.2) is 0 Å². The van der Waals surface area contributed by atoms with Crippen LogP contribution in [0.3, 0.4) is 0 Å². The first kappa shape index (κ1) is 13.7. The van der Waals surface area contributed by atoms with Crippen molar-refractivity contribution >= 4 is 15.6 Å². The summed E-state index contributed by atoms with van der Waals surface area (Å²) in [4.78, 5) is 14.0. The molecule has 7 nitrogen and oxygen atoms in total. The number of hydrogen-bond donors (Lipinski definition) is 4. The quantitative estimate of drug-likeness (QED) is 0.462. The number of aromatic amines is 1. The summed E-state index contributed by atoms with van der Waals surface area (Å²) in [6.45, 7) is 1.23. The van der Waals surface area contributed by atoms with E-state index >= 15 is 0 Å². The first-order chi connectivity index (χ1) is 8.45. The van der Waals surface area contributed by atoms with Gasteiger partial charge in [0.25, 0.3) is 0 Å². The van der Waals surface area contributed by atoms with Gasteiger partial charge in [-0.2, -0.15) is 0 Å². The molecule has 2 rings (SSSR count). The van der Waals surface area contributed by atoms with Crippen molar-refractivity contribution in [2.45, 2.75) is 31.5 Å². The minimum absolute atomic E-state index is 0.244. The zero-order chi connectivity index (χ0) is 13.4. The number of aliphatic hydroxyl groups excluding tert-OH is 3. The van der Waals surface area contributed by atoms with Crippen molar-refractivity contribution in [2.24, 2.45) is 0 Å². The molecule has 8 heteroatoms. The van der Waals surface area contributed by atoms with Crippen LogP contribution < -0.4 is 5.56 Å². The summed E-state index contributed by atoms with van der Waals surface area (Å²) in [5.41, 5.74) is 0.207. The summed E-state index contributed by atoms with van der Waals surface area (Å²) < 4.78 is 7.23. The summed E-state index contributed by atoms with van der Waals surface area (Å²) in [7, 11) is 0. The van der Waals surface area contributed by atoms with E-state index in [0.717, 1.165) is 0 Å². The zero-order valence-electron chi connectivity index (χ0n) is 9.61. The molecule has 1 aromatic heterocycles. The monoisotopic (exact) mass is 322 g/mol. The third-order valence-corrected chi connectivity index (χ3v) is 3.59. The van der Waals surface area contributed by atoms with Gasteiger partial charge in [-0.25, -0.2) is 0 Å². The predicted octanol–water partition coefficient (Wildman–Crippen LogP) is -2.20. The van der Waals surface area contributed by atoms with Crippen LogP contribution in [-0.2, 0) is 4.74 Å². The molecular formula is C10H14N2O5Se. The second-order valence-corrected chi connectivity index (χ2v) is 5.02. The molecule has 100 valence electrons. The molecule has 0 spiro atoms. The van der Waals surface area contributed by atoms with Gasteiger partial charge in [0.2, 0.25) is 0 Å². The van der Waals surface area contributed by atoms with E-state index in [2.05, 4.69) is 20.6 Å². The van der Waals surface area contributed by atoms with Crippen LogP contribution in [0, 0.1) is 11.2 Å². The minimum atomic E-state index is -1.18. The predicted molar refractivity (Wildman–Crippen MR) is 61.8 cm³/mol. The fourth-order valence-electron chi connectivity index (χ4n) is 1.88. The summed E-state index contributed by atoms with van der Waals surface area (Å²) in [6.07, 6.45) is -2.53. The van der Waals surface area contributed by atoms with Crippen molar-refractivity contribution < 1.29 is 20.1 Å². The van der Waals surface area contributed by atoms with Gasteiger partial charge in [0.1, 0.15) is 0 Å². The van der Waals surface area contributed by atoms with E-state index in [4.69, 9.17) is 9.84 Å². The Morgan fingerprint density at radius 2 is 2.17 bits per heavy atom. The average molecular weight is 321 g/mol. The summed E-state index contributed by atoms with van der Waals surface area (Å²) in [5, 5.41) is 28.6. The topological polar surface area (TPSA) is 108 Å². The summed E-state index contributed by atoms with van der Waals surface area (Å²) in [6, 6.07) is 0. The fraction of sp³-hybridized carbons (Fsp3) is 0.600. The van der Waals surface area contributed by atoms with Crippen LogP contribution in [0.4, 0.5) is 0 Å². The molecule has 18 heavy (non-hydrogen) atoms. The Morgan fingerprint density at radius 3 is 2.72 bits per heavy atom. The third-order valence-electron chi connectivity index (χ3n) is 2.94. The summed E-state index contributed by atoms with van der Waals surface area (Å²) in [5.74, 6) is 0. The van der Waals surface area contributed by atoms with Gasteiger partial charge in [0.05, 0.1) is 0 Å². The molecule has 0 saturated carbocycles. The van der Waals surface area contributed by atoms with E-state index in [1.807, 2.05) is 0 Å². The van der Waals surface area contributed by atoms with E-state index in [0.29, 0.717) is 9.89 Å². The Balaban J connectivity index is 2.42. The maximum absolute atomic E-state index is 11.4. The molecule has 1 aromatic rings. The van der Waals surface area contributed by atoms with Crippen LogP contribution in [0.1, 0.15) is 11.8 Å². The standard InChI is InChI=1S/C10H14N2O5Se/c1-4-2-12(10(18)11-8(4)16)9-7(15)6(14)5(3-13)17-9/h2,5-7,9,13-15H,3H2,1H3,(H,11,16,18)/t5-,6-,7-,9-/m1/s1. The molecule has 0 bridgehead atoms. The Kier molecular flexibility index (Phi) is 3.86. The third kappa shape index (κ3) is 2.23. The van der Waals surface area contributed by atoms with E-state index < -0.39 is 24.5 Å². The molecule has 1 fully saturated rings. The molecule has 0 aliphatic carbocycles. The van der Waals surface area contributed by atoms with Crippen LogP contribution in [0.25, 0.3) is 0 Å². The normalized spacial score (nSPS) is 31.8. The van der Waals surface area contributed by atoms with Gasteiger partial charge in [-0.15, -0.1) is 0 Å². The van der Waals surface area contributed by atoms with Gasteiger partial charge in [-0.1, -0.05) is 0 Å². The molecular weight excluding hydrogens is 307 g/mol. The first-order valence-corrected chi connectivity index (χ1v) is 6.26. The van der Waals surface area contributed by atoms with Gasteiger partial charge in [0, 0.05) is 0 Å². The van der Waals surface area contributed by atoms with Crippen LogP contribution >= 0.6 is 0 Å². The Bertz CT molecular complexity index is 554. The number of nitrogens with one attached hydrogen (secondary N) is 1. The molecule has 1 saturated heterocycles. The van der Waals surface area contributed by atoms with Gasteiger partial charge in [-0.3, -0.25) is 0 Å². The molecule has 4 N–H and O–H groups in total. The van der Waals surface area contributed by atoms with Gasteiger partial charge >= 0.3 is 110 Å². The Labute approximate surface area is 110 Å². The van der Waals surface area contributed by atoms with Crippen LogP contribution in [0.15, 0.2) is 11.0 Å². The van der Waals surface area contributed by atoms with Crippen LogP contribution in [0.2, 0.25) is 0 Å². The Hall–Kier alpha value is -0.761. The number of rotatable bonds is 2. The van der Waals surface area contributed by atoms with E-state index in [1.165, 1.54) is 10.8 Å². The molecule has 2 heterocycles. The van der Waals surface area contributed by atoms with Crippen molar-refractivity contribution in [1.29, 1.82) is 0 Å². The molecule has 0 aromatic carbocycles. The van der Waals surface area contributed by atoms with Crippen molar-refractivity contribution in [1.82, 2.24) is 9.55 Å². The maximum atomic E-state index is 11.4. The Morgan fingerprint density at radius 1 is 1.50 bits per heavy atom. The molecule has 0 radical (unpaired) electrons. The zero-order valence-corrected chi connectivity index (χ0v) is 11.3. The van der Waals surface area contributed by atoms with Crippen molar-refractivity contribution in [3.8, 4) is 0 Å². The molecule has 1 aliphatic rings. The number of ether oxygens (including phenoxy) is 1. The molecule has 0 amide bonds.